The lowest BCUT2D eigenvalue weighted by molar-refractivity contribution is 0.0104. The summed E-state index contributed by atoms with van der Waals surface area (Å²) in [6, 6.07) is 0. The van der Waals surface area contributed by atoms with Crippen LogP contribution in [0.15, 0.2) is 4.42 Å². The van der Waals surface area contributed by atoms with Crippen LogP contribution in [0.25, 0.3) is 0 Å². The highest BCUT2D eigenvalue weighted by atomic mass is 16.5. The van der Waals surface area contributed by atoms with E-state index in [1.165, 1.54) is 0 Å². The first-order chi connectivity index (χ1) is 5.86. The van der Waals surface area contributed by atoms with Gasteiger partial charge in [0.15, 0.2) is 0 Å². The zero-order chi connectivity index (χ0) is 8.39. The number of nitrogens with zero attached hydrogens (tertiary/aromatic N) is 2. The summed E-state index contributed by atoms with van der Waals surface area (Å²) in [7, 11) is 0. The molecule has 0 aliphatic carbocycles. The minimum atomic E-state index is -0.0695. The quantitative estimate of drug-likeness (QED) is 0.643. The Morgan fingerprint density at radius 3 is 3.00 bits per heavy atom. The van der Waals surface area contributed by atoms with E-state index in [-0.39, 0.29) is 6.10 Å². The number of ether oxygens (including phenoxy) is 1. The van der Waals surface area contributed by atoms with Crippen molar-refractivity contribution in [1.29, 1.82) is 0 Å². The van der Waals surface area contributed by atoms with Gasteiger partial charge in [0.05, 0.1) is 6.61 Å². The Kier molecular flexibility index (Phi) is 2.05. The molecule has 0 spiro atoms. The molecule has 0 bridgehead atoms. The molecular formula is C7H11N3O2. The van der Waals surface area contributed by atoms with Crippen molar-refractivity contribution >= 4 is 0 Å². The van der Waals surface area contributed by atoms with Gasteiger partial charge in [-0.15, -0.1) is 10.2 Å². The Balaban J connectivity index is 2.08. The Bertz CT molecular complexity index is 255. The molecule has 0 radical (unpaired) electrons. The van der Waals surface area contributed by atoms with Crippen molar-refractivity contribution in [1.82, 2.24) is 15.5 Å². The predicted molar refractivity (Wildman–Crippen MR) is 40.6 cm³/mol. The van der Waals surface area contributed by atoms with E-state index >= 15 is 0 Å². The maximum Gasteiger partial charge on any atom is 0.246 e. The molecule has 0 amide bonds. The lowest BCUT2D eigenvalue weighted by Gasteiger charge is -2.20. The molecule has 1 saturated heterocycles. The third kappa shape index (κ3) is 1.46. The second-order valence-electron chi connectivity index (χ2n) is 2.72. The predicted octanol–water partition coefficient (Wildman–Crippen LogP) is 0.0389. The summed E-state index contributed by atoms with van der Waals surface area (Å²) in [6.07, 6.45) is -0.0695. The minimum absolute atomic E-state index is 0.0695. The summed E-state index contributed by atoms with van der Waals surface area (Å²) in [5.41, 5.74) is 0. The van der Waals surface area contributed by atoms with Crippen LogP contribution in [0.1, 0.15) is 17.9 Å². The molecule has 1 aromatic rings. The van der Waals surface area contributed by atoms with Gasteiger partial charge < -0.3 is 14.5 Å². The standard InChI is InChI=1S/C7H11N3O2/c1-5-9-10-7(12-5)6-4-8-2-3-11-6/h6,8H,2-4H2,1H3. The largest absolute Gasteiger partial charge is 0.423 e. The first-order valence-corrected chi connectivity index (χ1v) is 3.98. The monoisotopic (exact) mass is 169 g/mol. The summed E-state index contributed by atoms with van der Waals surface area (Å²) in [5.74, 6) is 1.15. The van der Waals surface area contributed by atoms with E-state index in [4.69, 9.17) is 9.15 Å². The van der Waals surface area contributed by atoms with Gasteiger partial charge >= 0.3 is 0 Å². The number of rotatable bonds is 1. The van der Waals surface area contributed by atoms with Crippen molar-refractivity contribution in [3.05, 3.63) is 11.8 Å². The summed E-state index contributed by atoms with van der Waals surface area (Å²) in [4.78, 5) is 0. The summed E-state index contributed by atoms with van der Waals surface area (Å²) < 4.78 is 10.7. The zero-order valence-corrected chi connectivity index (χ0v) is 6.91. The maximum absolute atomic E-state index is 5.42. The van der Waals surface area contributed by atoms with Crippen LogP contribution in [0.4, 0.5) is 0 Å². The van der Waals surface area contributed by atoms with Crippen molar-refractivity contribution in [3.63, 3.8) is 0 Å². The van der Waals surface area contributed by atoms with Crippen LogP contribution in [0, 0.1) is 6.92 Å². The molecule has 2 heterocycles. The van der Waals surface area contributed by atoms with E-state index in [1.54, 1.807) is 6.92 Å². The average molecular weight is 169 g/mol. The second kappa shape index (κ2) is 3.20. The summed E-state index contributed by atoms with van der Waals surface area (Å²) >= 11 is 0. The van der Waals surface area contributed by atoms with Crippen molar-refractivity contribution in [3.8, 4) is 0 Å². The van der Waals surface area contributed by atoms with Crippen LogP contribution < -0.4 is 5.32 Å². The molecule has 1 aliphatic rings. The smallest absolute Gasteiger partial charge is 0.246 e. The molecule has 12 heavy (non-hydrogen) atoms. The molecule has 1 unspecified atom stereocenters. The lowest BCUT2D eigenvalue weighted by atomic mass is 10.3. The fourth-order valence-electron chi connectivity index (χ4n) is 1.17. The van der Waals surface area contributed by atoms with Gasteiger partial charge in [-0.1, -0.05) is 0 Å². The molecule has 1 aromatic heterocycles. The molecule has 2 rings (SSSR count). The highest BCUT2D eigenvalue weighted by Crippen LogP contribution is 2.16. The Morgan fingerprint density at radius 2 is 2.42 bits per heavy atom. The molecule has 0 saturated carbocycles. The molecule has 1 atom stereocenters. The maximum atomic E-state index is 5.42. The number of nitrogens with one attached hydrogen (secondary N) is 1. The van der Waals surface area contributed by atoms with Gasteiger partial charge in [0.1, 0.15) is 6.10 Å². The van der Waals surface area contributed by atoms with Crippen molar-refractivity contribution in [2.24, 2.45) is 0 Å². The van der Waals surface area contributed by atoms with Crippen molar-refractivity contribution in [2.75, 3.05) is 19.7 Å². The fourth-order valence-corrected chi connectivity index (χ4v) is 1.17. The molecule has 5 nitrogen and oxygen atoms in total. The molecule has 1 aliphatic heterocycles. The molecule has 5 heteroatoms. The van der Waals surface area contributed by atoms with Crippen LogP contribution in [0.3, 0.4) is 0 Å². The van der Waals surface area contributed by atoms with Gasteiger partial charge in [-0.2, -0.15) is 0 Å². The molecular weight excluding hydrogens is 158 g/mol. The van der Waals surface area contributed by atoms with E-state index in [2.05, 4.69) is 15.5 Å². The van der Waals surface area contributed by atoms with Crippen molar-refractivity contribution in [2.45, 2.75) is 13.0 Å². The van der Waals surface area contributed by atoms with Gasteiger partial charge in [-0.25, -0.2) is 0 Å². The third-order valence-electron chi connectivity index (χ3n) is 1.74. The summed E-state index contributed by atoms with van der Waals surface area (Å²) in [6.45, 7) is 4.12. The first kappa shape index (κ1) is 7.70. The first-order valence-electron chi connectivity index (χ1n) is 3.98. The molecule has 0 aromatic carbocycles. The van der Waals surface area contributed by atoms with Gasteiger partial charge in [0.25, 0.3) is 0 Å². The number of hydrogen-bond donors (Lipinski definition) is 1. The van der Waals surface area contributed by atoms with Gasteiger partial charge in [0, 0.05) is 20.0 Å². The number of aromatic nitrogens is 2. The lowest BCUT2D eigenvalue weighted by Crippen LogP contribution is -2.33. The van der Waals surface area contributed by atoms with Gasteiger partial charge in [0.2, 0.25) is 11.8 Å². The van der Waals surface area contributed by atoms with Gasteiger partial charge in [-0.3, -0.25) is 0 Å². The van der Waals surface area contributed by atoms with Crippen LogP contribution in [0.2, 0.25) is 0 Å². The highest BCUT2D eigenvalue weighted by Gasteiger charge is 2.20. The van der Waals surface area contributed by atoms with E-state index in [0.717, 1.165) is 13.1 Å². The summed E-state index contributed by atoms with van der Waals surface area (Å²) in [5, 5.41) is 10.8. The van der Waals surface area contributed by atoms with E-state index in [1.807, 2.05) is 0 Å². The number of hydrogen-bond acceptors (Lipinski definition) is 5. The fraction of sp³-hybridized carbons (Fsp3) is 0.714. The normalized spacial score (nSPS) is 24.2. The van der Waals surface area contributed by atoms with Crippen LogP contribution in [0.5, 0.6) is 0 Å². The van der Waals surface area contributed by atoms with Crippen LogP contribution >= 0.6 is 0 Å². The molecule has 1 fully saturated rings. The SMILES string of the molecule is Cc1nnc(C2CNCCO2)o1. The van der Waals surface area contributed by atoms with E-state index < -0.39 is 0 Å². The zero-order valence-electron chi connectivity index (χ0n) is 6.91. The second-order valence-corrected chi connectivity index (χ2v) is 2.72. The minimum Gasteiger partial charge on any atom is -0.423 e. The van der Waals surface area contributed by atoms with E-state index in [9.17, 15) is 0 Å². The van der Waals surface area contributed by atoms with Gasteiger partial charge in [-0.05, 0) is 0 Å². The highest BCUT2D eigenvalue weighted by molar-refractivity contribution is 4.87. The molecule has 66 valence electrons. The van der Waals surface area contributed by atoms with Crippen LogP contribution in [-0.2, 0) is 4.74 Å². The van der Waals surface area contributed by atoms with E-state index in [0.29, 0.717) is 18.4 Å². The Morgan fingerprint density at radius 1 is 1.50 bits per heavy atom. The Hall–Kier alpha value is -0.940. The van der Waals surface area contributed by atoms with Crippen LogP contribution in [-0.4, -0.2) is 29.9 Å². The molecule has 1 N–H and O–H groups in total. The van der Waals surface area contributed by atoms with Crippen molar-refractivity contribution < 1.29 is 9.15 Å². The number of morpholine rings is 1. The Labute approximate surface area is 70.1 Å². The average Bonchev–Trinajstić information content (AvgIpc) is 2.54. The number of aryl methyl sites for hydroxylation is 1. The third-order valence-corrected chi connectivity index (χ3v) is 1.74. The topological polar surface area (TPSA) is 60.2 Å².